The minimum atomic E-state index is -4.02. The summed E-state index contributed by atoms with van der Waals surface area (Å²) in [4.78, 5) is 9.52. The van der Waals surface area contributed by atoms with Gasteiger partial charge in [0.15, 0.2) is 0 Å². The van der Waals surface area contributed by atoms with Gasteiger partial charge in [-0.3, -0.25) is 9.05 Å². The van der Waals surface area contributed by atoms with Crippen LogP contribution >= 0.6 is 7.82 Å². The lowest BCUT2D eigenvalue weighted by molar-refractivity contribution is -0.890. The molecule has 1 unspecified atom stereocenters. The summed E-state index contributed by atoms with van der Waals surface area (Å²) >= 11 is 0. The van der Waals surface area contributed by atoms with E-state index in [0.29, 0.717) is 17.1 Å². The van der Waals surface area contributed by atoms with Crippen LogP contribution in [0.25, 0.3) is 0 Å². The fourth-order valence-corrected chi connectivity index (χ4v) is 4.46. The summed E-state index contributed by atoms with van der Waals surface area (Å²) in [6.45, 7) is 1.77. The Labute approximate surface area is 146 Å². The van der Waals surface area contributed by atoms with E-state index in [4.69, 9.17) is 27.1 Å². The number of rotatable bonds is 15. The van der Waals surface area contributed by atoms with Crippen molar-refractivity contribution in [1.29, 1.82) is 0 Å². The zero-order chi connectivity index (χ0) is 18.7. The molecule has 146 valence electrons. The zero-order valence-electron chi connectivity index (χ0n) is 15.6. The lowest BCUT2D eigenvalue weighted by atomic mass is 10.4. The highest BCUT2D eigenvalue weighted by Gasteiger charge is 2.37. The fraction of sp³-hybridized carbons (Fsp3) is 1.00. The first-order valence-corrected chi connectivity index (χ1v) is 11.2. The third-order valence-electron chi connectivity index (χ3n) is 3.67. The number of phosphoric acid groups is 1. The molecule has 0 rings (SSSR count). The van der Waals surface area contributed by atoms with Gasteiger partial charge in [0.05, 0.1) is 33.9 Å². The molecule has 0 aromatic rings. The highest BCUT2D eigenvalue weighted by Crippen LogP contribution is 2.42. The number of ether oxygens (including phenoxy) is 1. The lowest BCUT2D eigenvalue weighted by Crippen LogP contribution is -2.46. The molecular weight excluding hydrogens is 357 g/mol. The van der Waals surface area contributed by atoms with E-state index in [1.807, 2.05) is 14.1 Å². The maximum absolute atomic E-state index is 11.6. The minimum absolute atomic E-state index is 0.0142. The highest BCUT2D eigenvalue weighted by atomic mass is 31.2. The second-order valence-electron chi connectivity index (χ2n) is 5.91. The second kappa shape index (κ2) is 11.7. The second-order valence-corrected chi connectivity index (χ2v) is 10.5. The van der Waals surface area contributed by atoms with Gasteiger partial charge in [-0.15, -0.1) is 0 Å². The van der Waals surface area contributed by atoms with E-state index in [2.05, 4.69) is 0 Å². The molecule has 0 radical (unpaired) electrons. The Bertz CT molecular complexity index is 373. The zero-order valence-corrected chi connectivity index (χ0v) is 17.5. The van der Waals surface area contributed by atoms with Crippen LogP contribution in [0.15, 0.2) is 0 Å². The van der Waals surface area contributed by atoms with Gasteiger partial charge in [0, 0.05) is 40.9 Å². The van der Waals surface area contributed by atoms with Crippen LogP contribution in [0.4, 0.5) is 0 Å². The Morgan fingerprint density at radius 1 is 0.917 bits per heavy atom. The molecule has 0 saturated carbocycles. The van der Waals surface area contributed by atoms with Gasteiger partial charge in [-0.2, -0.15) is 0 Å². The van der Waals surface area contributed by atoms with Crippen molar-refractivity contribution in [2.24, 2.45) is 0 Å². The molecule has 0 aliphatic heterocycles. The van der Waals surface area contributed by atoms with Crippen LogP contribution in [0.2, 0.25) is 6.04 Å². The number of nitrogens with zero attached hydrogens (tertiary/aromatic N) is 1. The lowest BCUT2D eigenvalue weighted by Gasteiger charge is -2.31. The van der Waals surface area contributed by atoms with Crippen LogP contribution in [0.1, 0.15) is 6.42 Å². The summed E-state index contributed by atoms with van der Waals surface area (Å²) in [6.07, 6.45) is 0.843. The number of hydrogen-bond donors (Lipinski definition) is 1. The van der Waals surface area contributed by atoms with Gasteiger partial charge >= 0.3 is 16.6 Å². The van der Waals surface area contributed by atoms with Crippen LogP contribution in [0.3, 0.4) is 0 Å². The largest absolute Gasteiger partial charge is 0.500 e. The first-order chi connectivity index (χ1) is 11.2. The maximum atomic E-state index is 11.6. The molecule has 1 N–H and O–H groups in total. The minimum Gasteiger partial charge on any atom is -0.382 e. The highest BCUT2D eigenvalue weighted by molar-refractivity contribution is 7.47. The van der Waals surface area contributed by atoms with E-state index in [9.17, 15) is 9.46 Å². The normalized spacial score (nSPS) is 15.5. The summed E-state index contributed by atoms with van der Waals surface area (Å²) in [7, 11) is 3.73. The summed E-state index contributed by atoms with van der Waals surface area (Å²) < 4.78 is 42.9. The molecule has 0 spiro atoms. The molecule has 0 aliphatic carbocycles. The van der Waals surface area contributed by atoms with Crippen molar-refractivity contribution < 1.29 is 41.0 Å². The van der Waals surface area contributed by atoms with E-state index < -0.39 is 16.6 Å². The van der Waals surface area contributed by atoms with Crippen molar-refractivity contribution in [3.05, 3.63) is 0 Å². The molecule has 1 atom stereocenters. The number of quaternary nitrogens is 1. The van der Waals surface area contributed by atoms with Crippen LogP contribution in [-0.2, 0) is 31.6 Å². The number of likely N-dealkylation sites (N-methyl/N-ethyl adjacent to an activating group) is 1. The van der Waals surface area contributed by atoms with Crippen LogP contribution in [-0.4, -0.2) is 93.6 Å². The Morgan fingerprint density at radius 3 is 1.96 bits per heavy atom. The van der Waals surface area contributed by atoms with Crippen molar-refractivity contribution >= 4 is 16.6 Å². The van der Waals surface area contributed by atoms with Crippen LogP contribution < -0.4 is 0 Å². The van der Waals surface area contributed by atoms with Crippen molar-refractivity contribution in [1.82, 2.24) is 0 Å². The van der Waals surface area contributed by atoms with Crippen molar-refractivity contribution in [3.8, 4) is 0 Å². The maximum Gasteiger partial charge on any atom is 0.500 e. The Morgan fingerprint density at radius 2 is 1.46 bits per heavy atom. The molecule has 11 heteroatoms. The summed E-state index contributed by atoms with van der Waals surface area (Å²) in [5, 5.41) is 0. The van der Waals surface area contributed by atoms with Crippen molar-refractivity contribution in [2.45, 2.75) is 12.5 Å². The topological polar surface area (TPSA) is 92.7 Å². The third kappa shape index (κ3) is 10.2. The predicted molar refractivity (Wildman–Crippen MR) is 91.7 cm³/mol. The quantitative estimate of drug-likeness (QED) is 0.192. The molecule has 0 fully saturated rings. The molecule has 9 nitrogen and oxygen atoms in total. The van der Waals surface area contributed by atoms with E-state index in [1.165, 1.54) is 7.11 Å². The van der Waals surface area contributed by atoms with Crippen molar-refractivity contribution in [2.75, 3.05) is 75.4 Å². The first kappa shape index (κ1) is 24.1. The molecule has 0 amide bonds. The SMILES string of the molecule is COCCOP(=O)(O)OCC[N+](C)(C)CCC[Si](OC)(OC)OC. The average molecular weight is 390 g/mol. The van der Waals surface area contributed by atoms with Crippen LogP contribution in [0.5, 0.6) is 0 Å². The number of hydrogen-bond acceptors (Lipinski definition) is 7. The molecule has 24 heavy (non-hydrogen) atoms. The smallest absolute Gasteiger partial charge is 0.382 e. The predicted octanol–water partition coefficient (Wildman–Crippen LogP) is 1.11. The van der Waals surface area contributed by atoms with E-state index in [-0.39, 0.29) is 19.8 Å². The Kier molecular flexibility index (Phi) is 11.7. The molecule has 0 aromatic carbocycles. The van der Waals surface area contributed by atoms with Crippen molar-refractivity contribution in [3.63, 3.8) is 0 Å². The Hall–Kier alpha value is 0.127. The third-order valence-corrected chi connectivity index (χ3v) is 7.52. The molecule has 0 saturated heterocycles. The summed E-state index contributed by atoms with van der Waals surface area (Å²) in [5.41, 5.74) is 0. The Balaban J connectivity index is 4.15. The van der Waals surface area contributed by atoms with E-state index in [0.717, 1.165) is 13.0 Å². The number of phosphoric ester groups is 1. The molecular formula is C13H33NO8PSi+. The summed E-state index contributed by atoms with van der Waals surface area (Å²) in [6, 6.07) is 0.706. The van der Waals surface area contributed by atoms with Gasteiger partial charge in [-0.25, -0.2) is 4.57 Å². The molecule has 0 aliphatic rings. The van der Waals surface area contributed by atoms with E-state index in [1.54, 1.807) is 21.3 Å². The van der Waals surface area contributed by atoms with Gasteiger partial charge in [0.25, 0.3) is 0 Å². The monoisotopic (exact) mass is 390 g/mol. The molecule has 0 heterocycles. The van der Waals surface area contributed by atoms with Gasteiger partial charge in [-0.05, 0) is 0 Å². The van der Waals surface area contributed by atoms with Gasteiger partial charge in [0.2, 0.25) is 0 Å². The molecule has 0 bridgehead atoms. The average Bonchev–Trinajstić information content (AvgIpc) is 2.51. The standard InChI is InChI=1S/C13H32NO8PSi/c1-14(2,8-7-13-24(18-4,19-5)20-6)9-10-21-23(15,16)22-12-11-17-3/h7-13H2,1-6H3/p+1. The fourth-order valence-electron chi connectivity index (χ4n) is 2.07. The number of methoxy groups -OCH3 is 1. The van der Waals surface area contributed by atoms with Gasteiger partial charge in [0.1, 0.15) is 13.2 Å². The van der Waals surface area contributed by atoms with E-state index >= 15 is 0 Å². The van der Waals surface area contributed by atoms with Gasteiger partial charge < -0.3 is 27.4 Å². The van der Waals surface area contributed by atoms with Crippen LogP contribution in [0, 0.1) is 0 Å². The van der Waals surface area contributed by atoms with Gasteiger partial charge in [-0.1, -0.05) is 0 Å². The summed E-state index contributed by atoms with van der Waals surface area (Å²) in [5.74, 6) is 0. The first-order valence-electron chi connectivity index (χ1n) is 7.74. The molecule has 0 aromatic heterocycles.